The molecule has 0 heterocycles. The Kier molecular flexibility index (Phi) is 3.92. The van der Waals surface area contributed by atoms with Gasteiger partial charge in [-0.05, 0) is 12.9 Å². The predicted molar refractivity (Wildman–Crippen MR) is 22.1 cm³/mol. The van der Waals surface area contributed by atoms with Crippen LogP contribution in [-0.4, -0.2) is 14.1 Å². The maximum absolute atomic E-state index is 10.9. The highest BCUT2D eigenvalue weighted by molar-refractivity contribution is 6.26. The molecule has 0 aromatic heterocycles. The summed E-state index contributed by atoms with van der Waals surface area (Å²) in [5, 5.41) is 0. The minimum atomic E-state index is -0.281. The fraction of sp³-hybridized carbons (Fsp3) is 1.00. The molecule has 0 aromatic carbocycles. The van der Waals surface area contributed by atoms with Gasteiger partial charge in [-0.15, -0.1) is 0 Å². The molecule has 0 radical (unpaired) electrons. The van der Waals surface area contributed by atoms with Crippen molar-refractivity contribution in [3.8, 4) is 0 Å². The summed E-state index contributed by atoms with van der Waals surface area (Å²) in [6.07, 6.45) is 0.500. The lowest BCUT2D eigenvalue weighted by molar-refractivity contribution is 0.852. The number of halogens is 1. The zero-order valence-corrected chi connectivity index (χ0v) is 3.08. The Labute approximate surface area is 31.6 Å². The molecule has 0 aliphatic carbocycles. The molecule has 0 aliphatic rings. The lowest BCUT2D eigenvalue weighted by Gasteiger charge is -1.74. The second kappa shape index (κ2) is 3.95. The van der Waals surface area contributed by atoms with Crippen LogP contribution in [-0.2, 0) is 0 Å². The van der Waals surface area contributed by atoms with Gasteiger partial charge in [0.2, 0.25) is 0 Å². The van der Waals surface area contributed by atoms with Crippen LogP contribution < -0.4 is 5.73 Å². The van der Waals surface area contributed by atoms with Crippen molar-refractivity contribution < 1.29 is 4.32 Å². The molecule has 0 bridgehead atoms. The molecule has 0 aliphatic heterocycles. The number of rotatable bonds is 2. The first-order valence-corrected chi connectivity index (χ1v) is 1.68. The molecular weight excluding hydrogens is 67.8 g/mol. The molecule has 0 amide bonds. The highest BCUT2D eigenvalue weighted by Gasteiger charge is 1.77. The van der Waals surface area contributed by atoms with Crippen LogP contribution in [0.1, 0.15) is 0 Å². The monoisotopic (exact) mass is 75.1 g/mol. The van der Waals surface area contributed by atoms with Gasteiger partial charge in [-0.25, -0.2) is 0 Å². The lowest BCUT2D eigenvalue weighted by atomic mass is 10.0. The van der Waals surface area contributed by atoms with Crippen molar-refractivity contribution in [2.45, 2.75) is 6.32 Å². The zero-order valence-electron chi connectivity index (χ0n) is 3.08. The van der Waals surface area contributed by atoms with Crippen molar-refractivity contribution in [1.82, 2.24) is 0 Å². The fourth-order valence-electron chi connectivity index (χ4n) is 0.0772. The first kappa shape index (κ1) is 4.95. The summed E-state index contributed by atoms with van der Waals surface area (Å²) < 4.78 is 10.9. The van der Waals surface area contributed by atoms with E-state index in [9.17, 15) is 4.32 Å². The van der Waals surface area contributed by atoms with Crippen molar-refractivity contribution in [2.24, 2.45) is 5.73 Å². The van der Waals surface area contributed by atoms with Crippen LogP contribution in [0, 0.1) is 0 Å². The summed E-state index contributed by atoms with van der Waals surface area (Å²) in [7, 11) is -0.281. The predicted octanol–water partition coefficient (Wildman–Crippen LogP) is -0.316. The topological polar surface area (TPSA) is 26.0 Å². The van der Waals surface area contributed by atoms with Gasteiger partial charge in [0, 0.05) is 0 Å². The van der Waals surface area contributed by atoms with Crippen molar-refractivity contribution in [1.29, 1.82) is 0 Å². The van der Waals surface area contributed by atoms with Crippen LogP contribution in [0.15, 0.2) is 0 Å². The quantitative estimate of drug-likeness (QED) is 0.447. The van der Waals surface area contributed by atoms with Crippen molar-refractivity contribution in [3.05, 3.63) is 0 Å². The Hall–Kier alpha value is -0.0451. The smallest absolute Gasteiger partial charge is 0.332 e. The molecule has 5 heavy (non-hydrogen) atoms. The number of hydrogen-bond donors (Lipinski definition) is 1. The second-order valence-electron chi connectivity index (χ2n) is 0.831. The van der Waals surface area contributed by atoms with E-state index in [0.29, 0.717) is 12.9 Å². The van der Waals surface area contributed by atoms with E-state index in [1.165, 1.54) is 0 Å². The van der Waals surface area contributed by atoms with Crippen LogP contribution in [0.25, 0.3) is 0 Å². The fourth-order valence-corrected chi connectivity index (χ4v) is 0.0772. The maximum atomic E-state index is 10.9. The zero-order chi connectivity index (χ0) is 4.12. The Balaban J connectivity index is 2.19. The van der Waals surface area contributed by atoms with Gasteiger partial charge >= 0.3 is 7.56 Å². The third kappa shape index (κ3) is 3.95. The van der Waals surface area contributed by atoms with E-state index < -0.39 is 0 Å². The van der Waals surface area contributed by atoms with Crippen molar-refractivity contribution in [3.63, 3.8) is 0 Å². The molecular formula is C2H7BFN. The largest absolute Gasteiger partial charge is 0.341 e. The van der Waals surface area contributed by atoms with E-state index in [-0.39, 0.29) is 7.56 Å². The van der Waals surface area contributed by atoms with Crippen LogP contribution in [0.3, 0.4) is 0 Å². The molecule has 0 unspecified atom stereocenters. The minimum Gasteiger partial charge on any atom is -0.341 e. The second-order valence-corrected chi connectivity index (χ2v) is 0.831. The van der Waals surface area contributed by atoms with Crippen LogP contribution in [0.5, 0.6) is 0 Å². The molecule has 3 heteroatoms. The molecule has 1 nitrogen and oxygen atoms in total. The van der Waals surface area contributed by atoms with Gasteiger partial charge in [0.25, 0.3) is 0 Å². The van der Waals surface area contributed by atoms with Crippen LogP contribution in [0.2, 0.25) is 6.32 Å². The summed E-state index contributed by atoms with van der Waals surface area (Å²) in [5.41, 5.74) is 4.90. The highest BCUT2D eigenvalue weighted by atomic mass is 19.1. The first-order valence-electron chi connectivity index (χ1n) is 1.68. The van der Waals surface area contributed by atoms with Gasteiger partial charge < -0.3 is 10.0 Å². The average molecular weight is 74.9 g/mol. The van der Waals surface area contributed by atoms with Gasteiger partial charge in [0.15, 0.2) is 0 Å². The van der Waals surface area contributed by atoms with E-state index in [0.717, 1.165) is 0 Å². The van der Waals surface area contributed by atoms with E-state index >= 15 is 0 Å². The summed E-state index contributed by atoms with van der Waals surface area (Å²) in [6, 6.07) is 0. The van der Waals surface area contributed by atoms with Gasteiger partial charge in [0.05, 0.1) is 0 Å². The molecule has 0 saturated carbocycles. The highest BCUT2D eigenvalue weighted by Crippen LogP contribution is 1.68. The van der Waals surface area contributed by atoms with Gasteiger partial charge in [-0.2, -0.15) is 0 Å². The Bertz CT molecular complexity index is 17.1. The van der Waals surface area contributed by atoms with Gasteiger partial charge in [-0.3, -0.25) is 0 Å². The SMILES string of the molecule is NCCBF. The van der Waals surface area contributed by atoms with Crippen molar-refractivity contribution in [2.75, 3.05) is 6.54 Å². The lowest BCUT2D eigenvalue weighted by Crippen LogP contribution is -1.98. The Morgan fingerprint density at radius 1 is 1.80 bits per heavy atom. The Morgan fingerprint density at radius 3 is 2.40 bits per heavy atom. The Morgan fingerprint density at radius 2 is 2.40 bits per heavy atom. The third-order valence-electron chi connectivity index (χ3n) is 0.338. The summed E-state index contributed by atoms with van der Waals surface area (Å²) >= 11 is 0. The third-order valence-corrected chi connectivity index (χ3v) is 0.338. The van der Waals surface area contributed by atoms with Gasteiger partial charge in [-0.1, -0.05) is 0 Å². The number of nitrogens with two attached hydrogens (primary N) is 1. The van der Waals surface area contributed by atoms with E-state index in [2.05, 4.69) is 0 Å². The van der Waals surface area contributed by atoms with Crippen LogP contribution in [0.4, 0.5) is 4.32 Å². The summed E-state index contributed by atoms with van der Waals surface area (Å²) in [4.78, 5) is 0. The standard InChI is InChI=1S/C2H7BFN/c4-3-1-2-5/h3H,1-2,5H2. The summed E-state index contributed by atoms with van der Waals surface area (Å²) in [6.45, 7) is 0.469. The molecule has 0 aromatic rings. The molecule has 30 valence electrons. The normalized spacial score (nSPS) is 7.60. The molecule has 0 fully saturated rings. The molecule has 0 saturated heterocycles. The van der Waals surface area contributed by atoms with Gasteiger partial charge in [0.1, 0.15) is 0 Å². The van der Waals surface area contributed by atoms with Crippen LogP contribution >= 0.6 is 0 Å². The van der Waals surface area contributed by atoms with E-state index in [1.54, 1.807) is 0 Å². The average Bonchev–Trinajstić information content (AvgIpc) is 1.41. The number of hydrogen-bond acceptors (Lipinski definition) is 1. The minimum absolute atomic E-state index is 0.281. The molecule has 0 rings (SSSR count). The summed E-state index contributed by atoms with van der Waals surface area (Å²) in [5.74, 6) is 0. The molecule has 0 atom stereocenters. The van der Waals surface area contributed by atoms with E-state index in [1.807, 2.05) is 0 Å². The first-order chi connectivity index (χ1) is 2.41. The van der Waals surface area contributed by atoms with E-state index in [4.69, 9.17) is 5.73 Å². The maximum Gasteiger partial charge on any atom is 0.332 e. The molecule has 2 N–H and O–H groups in total. The van der Waals surface area contributed by atoms with Crippen molar-refractivity contribution >= 4 is 7.56 Å². The molecule has 0 spiro atoms.